The zero-order chi connectivity index (χ0) is 24.9. The van der Waals surface area contributed by atoms with Gasteiger partial charge in [0.25, 0.3) is 0 Å². The van der Waals surface area contributed by atoms with Crippen LogP contribution < -0.4 is 15.8 Å². The molecule has 3 aromatic rings. The summed E-state index contributed by atoms with van der Waals surface area (Å²) in [4.78, 5) is 24.9. The van der Waals surface area contributed by atoms with E-state index < -0.39 is 29.9 Å². The largest absolute Gasteiger partial charge is 0.468 e. The number of nitrogens with two attached hydrogens (primary N) is 1. The van der Waals surface area contributed by atoms with Crippen LogP contribution >= 0.6 is 0 Å². The third kappa shape index (κ3) is 4.47. The number of fused-ring (bicyclic) bond motifs is 2. The molecule has 1 unspecified atom stereocenters. The van der Waals surface area contributed by atoms with Gasteiger partial charge in [0.2, 0.25) is 5.88 Å². The Hall–Kier alpha value is -3.47. The zero-order valence-electron chi connectivity index (χ0n) is 19.1. The summed E-state index contributed by atoms with van der Waals surface area (Å²) in [5.74, 6) is 0.180. The molecule has 4 rings (SSSR count). The fourth-order valence-electron chi connectivity index (χ4n) is 3.71. The van der Waals surface area contributed by atoms with Crippen molar-refractivity contribution in [1.82, 2.24) is 15.0 Å². The van der Waals surface area contributed by atoms with Crippen LogP contribution in [0, 0.1) is 0 Å². The third-order valence-corrected chi connectivity index (χ3v) is 5.75. The van der Waals surface area contributed by atoms with E-state index in [9.17, 15) is 18.0 Å². The van der Waals surface area contributed by atoms with Crippen LogP contribution in [0.3, 0.4) is 0 Å². The number of hydrogen-bond acceptors (Lipinski definition) is 8. The van der Waals surface area contributed by atoms with E-state index in [0.717, 1.165) is 0 Å². The minimum absolute atomic E-state index is 0.185. The summed E-state index contributed by atoms with van der Waals surface area (Å²) < 4.78 is 48.4. The van der Waals surface area contributed by atoms with Crippen LogP contribution in [0.25, 0.3) is 10.8 Å². The first kappa shape index (κ1) is 23.7. The number of aromatic nitrogens is 3. The van der Waals surface area contributed by atoms with Crippen LogP contribution in [-0.2, 0) is 15.9 Å². The Morgan fingerprint density at radius 1 is 1.15 bits per heavy atom. The van der Waals surface area contributed by atoms with Crippen molar-refractivity contribution in [2.45, 2.75) is 51.4 Å². The summed E-state index contributed by atoms with van der Waals surface area (Å²) in [5, 5.41) is 3.94. The van der Waals surface area contributed by atoms with E-state index in [1.807, 2.05) is 13.8 Å². The van der Waals surface area contributed by atoms with Crippen molar-refractivity contribution >= 4 is 28.4 Å². The molecule has 1 aliphatic rings. The van der Waals surface area contributed by atoms with Crippen molar-refractivity contribution < 1.29 is 27.4 Å². The van der Waals surface area contributed by atoms with Gasteiger partial charge in [0, 0.05) is 17.9 Å². The number of alkyl halides is 3. The van der Waals surface area contributed by atoms with Crippen LogP contribution in [-0.4, -0.2) is 33.7 Å². The van der Waals surface area contributed by atoms with E-state index in [4.69, 9.17) is 15.2 Å². The molecule has 1 atom stereocenters. The maximum Gasteiger partial charge on any atom is 0.422 e. The fraction of sp³-hybridized carbons (Fsp3) is 0.391. The van der Waals surface area contributed by atoms with Gasteiger partial charge in [0.05, 0.1) is 10.9 Å². The number of esters is 1. The lowest BCUT2D eigenvalue weighted by Crippen LogP contribution is -2.32. The molecule has 4 heterocycles. The highest BCUT2D eigenvalue weighted by atomic mass is 19.4. The molecule has 0 amide bonds. The van der Waals surface area contributed by atoms with Crippen LogP contribution in [0.4, 0.5) is 24.8 Å². The van der Waals surface area contributed by atoms with E-state index in [0.29, 0.717) is 45.6 Å². The molecule has 3 N–H and O–H groups in total. The monoisotopic (exact) mass is 475 g/mol. The molecule has 1 aliphatic heterocycles. The van der Waals surface area contributed by atoms with Gasteiger partial charge in [-0.2, -0.15) is 13.2 Å². The van der Waals surface area contributed by atoms with Crippen LogP contribution in [0.2, 0.25) is 0 Å². The van der Waals surface area contributed by atoms with Crippen molar-refractivity contribution in [3.05, 3.63) is 47.4 Å². The zero-order valence-corrected chi connectivity index (χ0v) is 19.1. The van der Waals surface area contributed by atoms with Crippen molar-refractivity contribution in [3.8, 4) is 5.88 Å². The highest BCUT2D eigenvalue weighted by Crippen LogP contribution is 2.37. The molecule has 0 saturated carbocycles. The predicted octanol–water partition coefficient (Wildman–Crippen LogP) is 4.70. The molecule has 0 aromatic carbocycles. The Labute approximate surface area is 193 Å². The molecule has 11 heteroatoms. The van der Waals surface area contributed by atoms with Crippen LogP contribution in [0.15, 0.2) is 30.6 Å². The number of hydrogen-bond donors (Lipinski definition) is 2. The average Bonchev–Trinajstić information content (AvgIpc) is 2.99. The Morgan fingerprint density at radius 2 is 1.88 bits per heavy atom. The summed E-state index contributed by atoms with van der Waals surface area (Å²) in [6, 6.07) is 4.91. The number of carbonyl (C=O) groups excluding carboxylic acids is 1. The third-order valence-electron chi connectivity index (χ3n) is 5.75. The first-order valence-electron chi connectivity index (χ1n) is 10.6. The maximum absolute atomic E-state index is 12.7. The summed E-state index contributed by atoms with van der Waals surface area (Å²) in [7, 11) is 0. The molecule has 8 nitrogen and oxygen atoms in total. The minimum atomic E-state index is -4.51. The molecular weight excluding hydrogens is 451 g/mol. The van der Waals surface area contributed by atoms with Gasteiger partial charge in [-0.15, -0.1) is 0 Å². The average molecular weight is 475 g/mol. The number of pyridine rings is 3. The molecule has 0 radical (unpaired) electrons. The molecule has 0 saturated heterocycles. The summed E-state index contributed by atoms with van der Waals surface area (Å²) >= 11 is 0. The molecule has 3 aromatic heterocycles. The lowest BCUT2D eigenvalue weighted by atomic mass is 9.88. The van der Waals surface area contributed by atoms with E-state index in [1.165, 1.54) is 12.4 Å². The summed E-state index contributed by atoms with van der Waals surface area (Å²) in [6.07, 6.45) is -1.13. The number of halogens is 3. The molecule has 180 valence electrons. The highest BCUT2D eigenvalue weighted by Gasteiger charge is 2.39. The topological polar surface area (TPSA) is 112 Å². The van der Waals surface area contributed by atoms with Gasteiger partial charge in [-0.3, -0.25) is 0 Å². The number of rotatable bonds is 6. The molecule has 34 heavy (non-hydrogen) atoms. The van der Waals surface area contributed by atoms with Crippen molar-refractivity contribution in [3.63, 3.8) is 0 Å². The second kappa shape index (κ2) is 8.08. The van der Waals surface area contributed by atoms with E-state index in [1.54, 1.807) is 32.0 Å². The van der Waals surface area contributed by atoms with Gasteiger partial charge in [-0.05, 0) is 56.3 Å². The number of ether oxygens (including phenoxy) is 2. The second-order valence-corrected chi connectivity index (χ2v) is 8.88. The van der Waals surface area contributed by atoms with Gasteiger partial charge in [0.15, 0.2) is 6.61 Å². The Morgan fingerprint density at radius 3 is 2.56 bits per heavy atom. The van der Waals surface area contributed by atoms with E-state index >= 15 is 0 Å². The Kier molecular flexibility index (Phi) is 5.63. The first-order valence-corrected chi connectivity index (χ1v) is 10.6. The fourth-order valence-corrected chi connectivity index (χ4v) is 3.71. The number of nitrogens with zero attached hydrogens (tertiary/aromatic N) is 3. The smallest absolute Gasteiger partial charge is 0.422 e. The van der Waals surface area contributed by atoms with Gasteiger partial charge >= 0.3 is 12.1 Å². The standard InChI is InChI=1S/C23H24F3N5O3/c1-5-22(4,27)15-10-29-19(33-11-23(24,25)26)14-9-28-17(8-13(14)15)30-16-7-6-12-18(31-16)21(2,3)34-20(12)32/h6-10H,5,11,27H2,1-4H3,(H,28,30,31). The SMILES string of the molecule is CCC(C)(N)c1cnc(OCC(F)(F)F)c2cnc(Nc3ccc4c(n3)C(C)(C)OC4=O)cc12. The van der Waals surface area contributed by atoms with Crippen molar-refractivity contribution in [2.24, 2.45) is 5.73 Å². The van der Waals surface area contributed by atoms with E-state index in [-0.39, 0.29) is 5.88 Å². The summed E-state index contributed by atoms with van der Waals surface area (Å²) in [6.45, 7) is 5.73. The lowest BCUT2D eigenvalue weighted by molar-refractivity contribution is -0.153. The maximum atomic E-state index is 12.7. The Balaban J connectivity index is 1.75. The van der Waals surface area contributed by atoms with Crippen LogP contribution in [0.5, 0.6) is 5.88 Å². The number of carbonyl (C=O) groups is 1. The lowest BCUT2D eigenvalue weighted by Gasteiger charge is -2.25. The van der Waals surface area contributed by atoms with Gasteiger partial charge in [-0.1, -0.05) is 6.92 Å². The summed E-state index contributed by atoms with van der Waals surface area (Å²) in [5.41, 5.74) is 6.31. The normalized spacial score (nSPS) is 16.6. The molecular formula is C23H24F3N5O3. The van der Waals surface area contributed by atoms with Crippen molar-refractivity contribution in [1.29, 1.82) is 0 Å². The van der Waals surface area contributed by atoms with Crippen molar-refractivity contribution in [2.75, 3.05) is 11.9 Å². The van der Waals surface area contributed by atoms with Gasteiger partial charge in [0.1, 0.15) is 22.9 Å². The Bertz CT molecular complexity index is 1270. The minimum Gasteiger partial charge on any atom is -0.468 e. The van der Waals surface area contributed by atoms with Crippen LogP contribution in [0.1, 0.15) is 55.7 Å². The van der Waals surface area contributed by atoms with E-state index in [2.05, 4.69) is 20.3 Å². The van der Waals surface area contributed by atoms with Gasteiger partial charge in [-0.25, -0.2) is 19.7 Å². The number of anilines is 2. The number of nitrogens with one attached hydrogen (secondary N) is 1. The van der Waals surface area contributed by atoms with Gasteiger partial charge < -0.3 is 20.5 Å². The quantitative estimate of drug-likeness (QED) is 0.494. The molecule has 0 spiro atoms. The predicted molar refractivity (Wildman–Crippen MR) is 119 cm³/mol. The number of cyclic esters (lactones) is 1. The molecule has 0 fully saturated rings. The second-order valence-electron chi connectivity index (χ2n) is 8.88. The molecule has 0 aliphatic carbocycles. The first-order chi connectivity index (χ1) is 15.8. The molecule has 0 bridgehead atoms. The highest BCUT2D eigenvalue weighted by molar-refractivity contribution is 5.94.